The second kappa shape index (κ2) is 5.51. The van der Waals surface area contributed by atoms with Gasteiger partial charge >= 0.3 is 0 Å². The summed E-state index contributed by atoms with van der Waals surface area (Å²) in [6.45, 7) is 0. The highest BCUT2D eigenvalue weighted by atomic mass is 79.9. The van der Waals surface area contributed by atoms with Crippen molar-refractivity contribution in [2.24, 2.45) is 5.73 Å². The van der Waals surface area contributed by atoms with Gasteiger partial charge in [-0.15, -0.1) is 11.3 Å². The minimum absolute atomic E-state index is 0.271. The fourth-order valence-corrected chi connectivity index (χ4v) is 4.64. The van der Waals surface area contributed by atoms with Crippen molar-refractivity contribution in [2.75, 3.05) is 7.11 Å². The summed E-state index contributed by atoms with van der Waals surface area (Å²) >= 11 is 5.30. The van der Waals surface area contributed by atoms with Crippen LogP contribution in [0.25, 0.3) is 0 Å². The smallest absolute Gasteiger partial charge is 0.119 e. The van der Waals surface area contributed by atoms with Crippen LogP contribution in [0.5, 0.6) is 5.75 Å². The van der Waals surface area contributed by atoms with E-state index < -0.39 is 0 Å². The van der Waals surface area contributed by atoms with Gasteiger partial charge in [-0.05, 0) is 70.6 Å². The van der Waals surface area contributed by atoms with Gasteiger partial charge in [0.25, 0.3) is 0 Å². The third-order valence-electron chi connectivity index (χ3n) is 4.04. The number of thiophene rings is 1. The maximum absolute atomic E-state index is 6.77. The largest absolute Gasteiger partial charge is 0.497 e. The van der Waals surface area contributed by atoms with Crippen molar-refractivity contribution in [3.8, 4) is 5.75 Å². The molecule has 4 heteroatoms. The molecule has 1 aliphatic carbocycles. The molecule has 1 heterocycles. The first kappa shape index (κ1) is 14.1. The lowest BCUT2D eigenvalue weighted by Gasteiger charge is -2.36. The lowest BCUT2D eigenvalue weighted by molar-refractivity contribution is 0.365. The van der Waals surface area contributed by atoms with Crippen LogP contribution in [0.1, 0.15) is 28.8 Å². The van der Waals surface area contributed by atoms with Gasteiger partial charge in [-0.3, -0.25) is 0 Å². The van der Waals surface area contributed by atoms with Crippen LogP contribution >= 0.6 is 27.3 Å². The summed E-state index contributed by atoms with van der Waals surface area (Å²) in [6.07, 6.45) is 4.20. The standard InChI is InChI=1S/C16H18BrNOS/c1-19-12-5-4-11-3-2-8-16(18,14(11)9-12)10-13-6-7-15(17)20-13/h4-7,9H,2-3,8,10,18H2,1H3. The third kappa shape index (κ3) is 2.65. The minimum atomic E-state index is -0.271. The normalized spacial score (nSPS) is 21.6. The molecule has 1 aromatic carbocycles. The van der Waals surface area contributed by atoms with Crippen molar-refractivity contribution in [3.05, 3.63) is 50.1 Å². The van der Waals surface area contributed by atoms with Crippen LogP contribution in [0, 0.1) is 0 Å². The Morgan fingerprint density at radius 3 is 2.90 bits per heavy atom. The summed E-state index contributed by atoms with van der Waals surface area (Å²) in [5.74, 6) is 0.896. The molecular formula is C16H18BrNOS. The second-order valence-electron chi connectivity index (χ2n) is 5.42. The number of rotatable bonds is 3. The monoisotopic (exact) mass is 351 g/mol. The number of benzene rings is 1. The quantitative estimate of drug-likeness (QED) is 0.896. The molecule has 0 bridgehead atoms. The molecular weight excluding hydrogens is 334 g/mol. The molecule has 0 saturated heterocycles. The molecule has 1 unspecified atom stereocenters. The number of halogens is 1. The topological polar surface area (TPSA) is 35.2 Å². The summed E-state index contributed by atoms with van der Waals surface area (Å²) in [5, 5.41) is 0. The van der Waals surface area contributed by atoms with Crippen LogP contribution in [-0.4, -0.2) is 7.11 Å². The van der Waals surface area contributed by atoms with E-state index in [4.69, 9.17) is 10.5 Å². The Bertz CT molecular complexity index is 625. The van der Waals surface area contributed by atoms with E-state index in [1.165, 1.54) is 16.0 Å². The van der Waals surface area contributed by atoms with E-state index in [1.807, 2.05) is 6.07 Å². The van der Waals surface area contributed by atoms with E-state index in [-0.39, 0.29) is 5.54 Å². The Kier molecular flexibility index (Phi) is 3.89. The van der Waals surface area contributed by atoms with Crippen LogP contribution in [-0.2, 0) is 18.4 Å². The molecule has 0 aliphatic heterocycles. The summed E-state index contributed by atoms with van der Waals surface area (Å²) in [6, 6.07) is 10.6. The van der Waals surface area contributed by atoms with Gasteiger partial charge < -0.3 is 10.5 Å². The molecule has 0 spiro atoms. The Morgan fingerprint density at radius 2 is 2.20 bits per heavy atom. The molecule has 1 aromatic heterocycles. The highest BCUT2D eigenvalue weighted by Crippen LogP contribution is 2.39. The Morgan fingerprint density at radius 1 is 1.35 bits per heavy atom. The molecule has 20 heavy (non-hydrogen) atoms. The van der Waals surface area contributed by atoms with Crippen LogP contribution in [0.15, 0.2) is 34.1 Å². The number of hydrogen-bond acceptors (Lipinski definition) is 3. The second-order valence-corrected chi connectivity index (χ2v) is 7.96. The van der Waals surface area contributed by atoms with Gasteiger partial charge in [0.15, 0.2) is 0 Å². The highest BCUT2D eigenvalue weighted by Gasteiger charge is 2.33. The molecule has 0 radical (unpaired) electrons. The van der Waals surface area contributed by atoms with Crippen molar-refractivity contribution in [1.82, 2.24) is 0 Å². The average Bonchev–Trinajstić information content (AvgIpc) is 2.84. The summed E-state index contributed by atoms with van der Waals surface area (Å²) < 4.78 is 6.53. The number of hydrogen-bond donors (Lipinski definition) is 1. The molecule has 1 atom stereocenters. The maximum Gasteiger partial charge on any atom is 0.119 e. The van der Waals surface area contributed by atoms with E-state index in [9.17, 15) is 0 Å². The molecule has 2 N–H and O–H groups in total. The van der Waals surface area contributed by atoms with E-state index in [0.29, 0.717) is 0 Å². The van der Waals surface area contributed by atoms with Crippen molar-refractivity contribution >= 4 is 27.3 Å². The first-order chi connectivity index (χ1) is 9.60. The van der Waals surface area contributed by atoms with E-state index in [2.05, 4.69) is 40.2 Å². The third-order valence-corrected chi connectivity index (χ3v) is 5.66. The van der Waals surface area contributed by atoms with Gasteiger partial charge in [0, 0.05) is 16.8 Å². The van der Waals surface area contributed by atoms with Crippen molar-refractivity contribution in [3.63, 3.8) is 0 Å². The zero-order chi connectivity index (χ0) is 14.2. The summed E-state index contributed by atoms with van der Waals surface area (Å²) in [7, 11) is 1.71. The maximum atomic E-state index is 6.77. The first-order valence-electron chi connectivity index (χ1n) is 6.81. The lowest BCUT2D eigenvalue weighted by atomic mass is 9.75. The first-order valence-corrected chi connectivity index (χ1v) is 8.42. The molecule has 1 aliphatic rings. The number of methoxy groups -OCH3 is 1. The Labute approximate surface area is 132 Å². The molecule has 0 fully saturated rings. The van der Waals surface area contributed by atoms with Crippen molar-refractivity contribution < 1.29 is 4.74 Å². The fraction of sp³-hybridized carbons (Fsp3) is 0.375. The molecule has 2 nitrogen and oxygen atoms in total. The van der Waals surface area contributed by atoms with Gasteiger partial charge in [0.05, 0.1) is 10.9 Å². The van der Waals surface area contributed by atoms with E-state index >= 15 is 0 Å². The number of ether oxygens (including phenoxy) is 1. The number of nitrogens with two attached hydrogens (primary N) is 1. The molecule has 0 amide bonds. The zero-order valence-electron chi connectivity index (χ0n) is 11.5. The highest BCUT2D eigenvalue weighted by molar-refractivity contribution is 9.11. The summed E-state index contributed by atoms with van der Waals surface area (Å²) in [5.41, 5.74) is 9.13. The van der Waals surface area contributed by atoms with Gasteiger partial charge in [-0.2, -0.15) is 0 Å². The SMILES string of the molecule is COc1ccc2c(c1)C(N)(Cc1ccc(Br)s1)CCC2. The molecule has 0 saturated carbocycles. The van der Waals surface area contributed by atoms with Gasteiger partial charge in [0.2, 0.25) is 0 Å². The average molecular weight is 352 g/mol. The molecule has 2 aromatic rings. The number of fused-ring (bicyclic) bond motifs is 1. The van der Waals surface area contributed by atoms with Crippen LogP contribution in [0.2, 0.25) is 0 Å². The fourth-order valence-electron chi connectivity index (χ4n) is 3.03. The molecule has 106 valence electrons. The van der Waals surface area contributed by atoms with Gasteiger partial charge in [0.1, 0.15) is 5.75 Å². The minimum Gasteiger partial charge on any atom is -0.497 e. The van der Waals surface area contributed by atoms with Crippen LogP contribution < -0.4 is 10.5 Å². The predicted molar refractivity (Wildman–Crippen MR) is 87.5 cm³/mol. The van der Waals surface area contributed by atoms with Gasteiger partial charge in [-0.25, -0.2) is 0 Å². The molecule has 3 rings (SSSR count). The van der Waals surface area contributed by atoms with Crippen LogP contribution in [0.4, 0.5) is 0 Å². The van der Waals surface area contributed by atoms with E-state index in [1.54, 1.807) is 18.4 Å². The summed E-state index contributed by atoms with van der Waals surface area (Å²) in [4.78, 5) is 1.33. The Balaban J connectivity index is 1.98. The van der Waals surface area contributed by atoms with Crippen LogP contribution in [0.3, 0.4) is 0 Å². The van der Waals surface area contributed by atoms with E-state index in [0.717, 1.165) is 35.2 Å². The predicted octanol–water partition coefficient (Wildman–Crippen LogP) is 4.25. The van der Waals surface area contributed by atoms with Crippen molar-refractivity contribution in [1.29, 1.82) is 0 Å². The zero-order valence-corrected chi connectivity index (χ0v) is 13.9. The lowest BCUT2D eigenvalue weighted by Crippen LogP contribution is -2.42. The number of aryl methyl sites for hydroxylation is 1. The van der Waals surface area contributed by atoms with Crippen molar-refractivity contribution in [2.45, 2.75) is 31.2 Å². The van der Waals surface area contributed by atoms with Gasteiger partial charge in [-0.1, -0.05) is 6.07 Å². The Hall–Kier alpha value is -0.840.